The van der Waals surface area contributed by atoms with E-state index in [1.165, 1.54) is 0 Å². The molecule has 6 heteroatoms. The van der Waals surface area contributed by atoms with E-state index >= 15 is 0 Å². The van der Waals surface area contributed by atoms with Crippen LogP contribution in [0.2, 0.25) is 0 Å². The van der Waals surface area contributed by atoms with Gasteiger partial charge in [0.05, 0.1) is 32.0 Å². The number of ether oxygens (including phenoxy) is 2. The van der Waals surface area contributed by atoms with Crippen LogP contribution in [-0.2, 0) is 14.3 Å². The predicted molar refractivity (Wildman–Crippen MR) is 72.1 cm³/mol. The Morgan fingerprint density at radius 1 is 1.32 bits per heavy atom. The number of likely N-dealkylation sites (N-methyl/N-ethyl adjacent to an activating group) is 1. The van der Waals surface area contributed by atoms with Crippen LogP contribution < -0.4 is 5.32 Å². The topological polar surface area (TPSA) is 54.0 Å². The van der Waals surface area contributed by atoms with Crippen molar-refractivity contribution < 1.29 is 14.3 Å². The molecule has 2 rings (SSSR count). The van der Waals surface area contributed by atoms with Crippen molar-refractivity contribution in [2.75, 3.05) is 59.6 Å². The minimum atomic E-state index is -0.158. The first-order valence-corrected chi connectivity index (χ1v) is 7.07. The molecule has 19 heavy (non-hydrogen) atoms. The van der Waals surface area contributed by atoms with Gasteiger partial charge in [-0.05, 0) is 14.0 Å². The highest BCUT2D eigenvalue weighted by Gasteiger charge is 2.24. The first-order chi connectivity index (χ1) is 9.16. The molecule has 0 radical (unpaired) electrons. The van der Waals surface area contributed by atoms with Crippen molar-refractivity contribution in [2.45, 2.75) is 19.1 Å². The maximum Gasteiger partial charge on any atom is 0.239 e. The van der Waals surface area contributed by atoms with E-state index in [1.54, 1.807) is 0 Å². The summed E-state index contributed by atoms with van der Waals surface area (Å²) in [5, 5.41) is 3.29. The Morgan fingerprint density at radius 2 is 2.05 bits per heavy atom. The third-order valence-electron chi connectivity index (χ3n) is 3.69. The van der Waals surface area contributed by atoms with Crippen LogP contribution in [0.3, 0.4) is 0 Å². The highest BCUT2D eigenvalue weighted by atomic mass is 16.5. The quantitative estimate of drug-likeness (QED) is 0.722. The lowest BCUT2D eigenvalue weighted by molar-refractivity contribution is -0.137. The van der Waals surface area contributed by atoms with Crippen molar-refractivity contribution in [2.24, 2.45) is 0 Å². The van der Waals surface area contributed by atoms with E-state index in [0.717, 1.165) is 26.2 Å². The van der Waals surface area contributed by atoms with E-state index in [1.807, 2.05) is 11.8 Å². The Labute approximate surface area is 115 Å². The van der Waals surface area contributed by atoms with Crippen LogP contribution in [0.4, 0.5) is 0 Å². The first kappa shape index (κ1) is 14.7. The molecule has 1 N–H and O–H groups in total. The first-order valence-electron chi connectivity index (χ1n) is 7.07. The summed E-state index contributed by atoms with van der Waals surface area (Å²) >= 11 is 0. The molecule has 0 spiro atoms. The normalized spacial score (nSPS) is 27.3. The second-order valence-corrected chi connectivity index (χ2v) is 5.32. The molecule has 0 aromatic carbocycles. The lowest BCUT2D eigenvalue weighted by Gasteiger charge is -2.32. The second-order valence-electron chi connectivity index (χ2n) is 5.32. The highest BCUT2D eigenvalue weighted by molar-refractivity contribution is 5.81. The molecule has 2 unspecified atom stereocenters. The molecule has 6 nitrogen and oxygen atoms in total. The summed E-state index contributed by atoms with van der Waals surface area (Å²) in [6.07, 6.45) is 0.179. The Bertz CT molecular complexity index is 295. The summed E-state index contributed by atoms with van der Waals surface area (Å²) in [5.74, 6) is 0.160. The molecule has 110 valence electrons. The van der Waals surface area contributed by atoms with Gasteiger partial charge >= 0.3 is 0 Å². The summed E-state index contributed by atoms with van der Waals surface area (Å²) in [5.41, 5.74) is 0. The van der Waals surface area contributed by atoms with Gasteiger partial charge in [0.15, 0.2) is 0 Å². The van der Waals surface area contributed by atoms with Crippen LogP contribution in [0, 0.1) is 0 Å². The molecule has 0 aromatic rings. The molecule has 1 amide bonds. The molecular weight excluding hydrogens is 246 g/mol. The molecule has 0 saturated carbocycles. The van der Waals surface area contributed by atoms with Crippen LogP contribution in [0.25, 0.3) is 0 Å². The van der Waals surface area contributed by atoms with Crippen molar-refractivity contribution in [3.05, 3.63) is 0 Å². The predicted octanol–water partition coefficient (Wildman–Crippen LogP) is -0.846. The van der Waals surface area contributed by atoms with E-state index in [4.69, 9.17) is 9.47 Å². The van der Waals surface area contributed by atoms with E-state index in [2.05, 4.69) is 17.3 Å². The number of hydrogen-bond acceptors (Lipinski definition) is 5. The van der Waals surface area contributed by atoms with Crippen LogP contribution in [-0.4, -0.2) is 87.4 Å². The van der Waals surface area contributed by atoms with Crippen LogP contribution in [0.5, 0.6) is 0 Å². The number of carbonyl (C=O) groups is 1. The lowest BCUT2D eigenvalue weighted by atomic mass is 10.2. The number of rotatable bonds is 4. The van der Waals surface area contributed by atoms with E-state index in [-0.39, 0.29) is 18.1 Å². The molecule has 2 heterocycles. The van der Waals surface area contributed by atoms with Crippen molar-refractivity contribution in [3.63, 3.8) is 0 Å². The standard InChI is InChI=1S/C13H25N3O3/c1-11(13(17)16-4-6-18-7-5-16)14-9-12-10-15(2)3-8-19-12/h11-12,14H,3-10H2,1-2H3. The van der Waals surface area contributed by atoms with Gasteiger partial charge in [-0.2, -0.15) is 0 Å². The zero-order valence-electron chi connectivity index (χ0n) is 11.9. The number of hydrogen-bond donors (Lipinski definition) is 1. The van der Waals surface area contributed by atoms with Gasteiger partial charge in [-0.25, -0.2) is 0 Å². The molecule has 2 saturated heterocycles. The van der Waals surface area contributed by atoms with Gasteiger partial charge < -0.3 is 24.6 Å². The number of amides is 1. The van der Waals surface area contributed by atoms with Gasteiger partial charge in [-0.1, -0.05) is 0 Å². The maximum absolute atomic E-state index is 12.2. The fourth-order valence-corrected chi connectivity index (χ4v) is 2.44. The smallest absolute Gasteiger partial charge is 0.239 e. The van der Waals surface area contributed by atoms with Gasteiger partial charge in [0.25, 0.3) is 0 Å². The molecule has 0 aliphatic carbocycles. The molecule has 0 bridgehead atoms. The SMILES string of the molecule is CC(NCC1CN(C)CCO1)C(=O)N1CCOCC1. The van der Waals surface area contributed by atoms with Crippen molar-refractivity contribution in [1.29, 1.82) is 0 Å². The van der Waals surface area contributed by atoms with Crippen molar-refractivity contribution in [1.82, 2.24) is 15.1 Å². The fraction of sp³-hybridized carbons (Fsp3) is 0.923. The average Bonchev–Trinajstić information content (AvgIpc) is 2.45. The Morgan fingerprint density at radius 3 is 2.74 bits per heavy atom. The Kier molecular flexibility index (Phi) is 5.57. The van der Waals surface area contributed by atoms with Crippen LogP contribution in [0.1, 0.15) is 6.92 Å². The molecular formula is C13H25N3O3. The second kappa shape index (κ2) is 7.19. The molecule has 0 aromatic heterocycles. The van der Waals surface area contributed by atoms with Crippen molar-refractivity contribution in [3.8, 4) is 0 Å². The summed E-state index contributed by atoms with van der Waals surface area (Å²) in [6, 6.07) is -0.158. The van der Waals surface area contributed by atoms with Gasteiger partial charge in [0.2, 0.25) is 5.91 Å². The summed E-state index contributed by atoms with van der Waals surface area (Å²) in [4.78, 5) is 16.3. The lowest BCUT2D eigenvalue weighted by Crippen LogP contribution is -2.52. The zero-order chi connectivity index (χ0) is 13.7. The molecule has 2 atom stereocenters. The van der Waals surface area contributed by atoms with Gasteiger partial charge in [-0.15, -0.1) is 0 Å². The van der Waals surface area contributed by atoms with E-state index in [0.29, 0.717) is 26.3 Å². The minimum absolute atomic E-state index is 0.158. The van der Waals surface area contributed by atoms with Gasteiger partial charge in [-0.3, -0.25) is 4.79 Å². The van der Waals surface area contributed by atoms with Gasteiger partial charge in [0, 0.05) is 32.7 Å². The van der Waals surface area contributed by atoms with Crippen LogP contribution >= 0.6 is 0 Å². The molecule has 2 aliphatic rings. The van der Waals surface area contributed by atoms with Crippen LogP contribution in [0.15, 0.2) is 0 Å². The Hall–Kier alpha value is -0.690. The minimum Gasteiger partial charge on any atom is -0.378 e. The van der Waals surface area contributed by atoms with E-state index < -0.39 is 0 Å². The number of nitrogens with one attached hydrogen (secondary N) is 1. The molecule has 2 fully saturated rings. The summed E-state index contributed by atoms with van der Waals surface area (Å²) in [6.45, 7) is 8.02. The number of morpholine rings is 2. The Balaban J connectivity index is 1.70. The number of carbonyl (C=O) groups excluding carboxylic acids is 1. The highest BCUT2D eigenvalue weighted by Crippen LogP contribution is 2.04. The summed E-state index contributed by atoms with van der Waals surface area (Å²) < 4.78 is 10.9. The largest absolute Gasteiger partial charge is 0.378 e. The maximum atomic E-state index is 12.2. The monoisotopic (exact) mass is 271 g/mol. The third-order valence-corrected chi connectivity index (χ3v) is 3.69. The van der Waals surface area contributed by atoms with Gasteiger partial charge in [0.1, 0.15) is 0 Å². The number of nitrogens with zero attached hydrogens (tertiary/aromatic N) is 2. The average molecular weight is 271 g/mol. The fourth-order valence-electron chi connectivity index (χ4n) is 2.44. The summed E-state index contributed by atoms with van der Waals surface area (Å²) in [7, 11) is 2.10. The zero-order valence-corrected chi connectivity index (χ0v) is 11.9. The van der Waals surface area contributed by atoms with E-state index in [9.17, 15) is 4.79 Å². The molecule has 2 aliphatic heterocycles. The van der Waals surface area contributed by atoms with Crippen molar-refractivity contribution >= 4 is 5.91 Å². The third kappa shape index (κ3) is 4.42.